The van der Waals surface area contributed by atoms with Crippen molar-refractivity contribution in [1.82, 2.24) is 20.4 Å². The third-order valence-electron chi connectivity index (χ3n) is 5.22. The van der Waals surface area contributed by atoms with Crippen molar-refractivity contribution in [2.45, 2.75) is 32.6 Å². The van der Waals surface area contributed by atoms with Crippen LogP contribution in [0.2, 0.25) is 0 Å². The minimum absolute atomic E-state index is 0.0120. The Hall–Kier alpha value is -2.12. The maximum Gasteiger partial charge on any atom is 0.243 e. The van der Waals surface area contributed by atoms with Crippen molar-refractivity contribution in [2.75, 3.05) is 66.6 Å². The molecule has 0 unspecified atom stereocenters. The molecule has 1 saturated heterocycles. The summed E-state index contributed by atoms with van der Waals surface area (Å²) < 4.78 is 5.40. The molecule has 0 radical (unpaired) electrons. The first-order valence-electron chi connectivity index (χ1n) is 10.9. The molecular formula is C23H39N5O2. The molecule has 1 aromatic carbocycles. The summed E-state index contributed by atoms with van der Waals surface area (Å²) in [6, 6.07) is 8.81. The maximum absolute atomic E-state index is 11.9. The topological polar surface area (TPSA) is 69.2 Å². The largest absolute Gasteiger partial charge is 0.379 e. The molecule has 1 fully saturated rings. The van der Waals surface area contributed by atoms with Crippen LogP contribution in [-0.4, -0.2) is 88.2 Å². The molecule has 168 valence electrons. The number of nitrogens with zero attached hydrogens (tertiary/aromatic N) is 3. The summed E-state index contributed by atoms with van der Waals surface area (Å²) in [6.07, 6.45) is 0.899. The van der Waals surface area contributed by atoms with Gasteiger partial charge >= 0.3 is 0 Å². The Bertz CT molecular complexity index is 674. The number of amides is 1. The van der Waals surface area contributed by atoms with Crippen LogP contribution in [0.25, 0.3) is 0 Å². The van der Waals surface area contributed by atoms with Gasteiger partial charge in [-0.1, -0.05) is 45.0 Å². The quantitative estimate of drug-likeness (QED) is 0.495. The van der Waals surface area contributed by atoms with E-state index < -0.39 is 0 Å². The third kappa shape index (κ3) is 8.71. The van der Waals surface area contributed by atoms with Crippen LogP contribution in [0, 0.1) is 0 Å². The molecule has 2 rings (SSSR count). The fourth-order valence-electron chi connectivity index (χ4n) is 3.12. The van der Waals surface area contributed by atoms with Gasteiger partial charge in [0.1, 0.15) is 6.54 Å². The van der Waals surface area contributed by atoms with Gasteiger partial charge in [-0.2, -0.15) is 0 Å². The minimum atomic E-state index is -0.0120. The highest BCUT2D eigenvalue weighted by atomic mass is 16.5. The second-order valence-electron chi connectivity index (χ2n) is 8.96. The highest BCUT2D eigenvalue weighted by Crippen LogP contribution is 2.22. The van der Waals surface area contributed by atoms with Crippen molar-refractivity contribution < 1.29 is 9.53 Å². The van der Waals surface area contributed by atoms with Crippen LogP contribution in [0.15, 0.2) is 29.3 Å². The Kier molecular flexibility index (Phi) is 9.59. The van der Waals surface area contributed by atoms with E-state index in [4.69, 9.17) is 4.74 Å². The van der Waals surface area contributed by atoms with Crippen molar-refractivity contribution in [2.24, 2.45) is 4.99 Å². The fraction of sp³-hybridized carbons (Fsp3) is 0.652. The number of benzene rings is 1. The fourth-order valence-corrected chi connectivity index (χ4v) is 3.12. The molecule has 0 atom stereocenters. The van der Waals surface area contributed by atoms with E-state index in [2.05, 4.69) is 65.6 Å². The van der Waals surface area contributed by atoms with Crippen LogP contribution in [0.1, 0.15) is 31.9 Å². The van der Waals surface area contributed by atoms with E-state index in [0.717, 1.165) is 52.4 Å². The van der Waals surface area contributed by atoms with Gasteiger partial charge in [-0.05, 0) is 23.0 Å². The lowest BCUT2D eigenvalue weighted by Crippen LogP contribution is -2.45. The van der Waals surface area contributed by atoms with Gasteiger partial charge in [-0.25, -0.2) is 4.99 Å². The normalized spacial score (nSPS) is 15.7. The number of ether oxygens (including phenoxy) is 1. The van der Waals surface area contributed by atoms with E-state index in [1.807, 2.05) is 0 Å². The lowest BCUT2D eigenvalue weighted by atomic mass is 9.86. The maximum atomic E-state index is 11.9. The van der Waals surface area contributed by atoms with Gasteiger partial charge < -0.3 is 20.3 Å². The number of nitrogens with one attached hydrogen (secondary N) is 2. The predicted octanol–water partition coefficient (Wildman–Crippen LogP) is 1.48. The van der Waals surface area contributed by atoms with E-state index in [9.17, 15) is 4.79 Å². The number of aliphatic imine (C=N–C) groups is 1. The summed E-state index contributed by atoms with van der Waals surface area (Å²) in [4.78, 5) is 20.3. The van der Waals surface area contributed by atoms with E-state index in [1.165, 1.54) is 11.1 Å². The van der Waals surface area contributed by atoms with Gasteiger partial charge in [0.05, 0.1) is 13.2 Å². The molecular weight excluding hydrogens is 378 g/mol. The summed E-state index contributed by atoms with van der Waals surface area (Å²) in [7, 11) is 3.50. The Morgan fingerprint density at radius 3 is 2.33 bits per heavy atom. The Morgan fingerprint density at radius 2 is 1.73 bits per heavy atom. The molecule has 1 aromatic rings. The van der Waals surface area contributed by atoms with Gasteiger partial charge in [0, 0.05) is 46.8 Å². The number of hydrogen-bond acceptors (Lipinski definition) is 4. The van der Waals surface area contributed by atoms with Gasteiger partial charge in [0.15, 0.2) is 5.96 Å². The third-order valence-corrected chi connectivity index (χ3v) is 5.22. The molecule has 1 amide bonds. The first-order valence-corrected chi connectivity index (χ1v) is 10.9. The number of morpholine rings is 1. The Labute approximate surface area is 181 Å². The zero-order chi connectivity index (χ0) is 22.0. The number of carbonyl (C=O) groups is 1. The van der Waals surface area contributed by atoms with Crippen LogP contribution in [0.5, 0.6) is 0 Å². The van der Waals surface area contributed by atoms with Crippen molar-refractivity contribution in [3.8, 4) is 0 Å². The smallest absolute Gasteiger partial charge is 0.243 e. The van der Waals surface area contributed by atoms with Crippen molar-refractivity contribution in [1.29, 1.82) is 0 Å². The molecule has 30 heavy (non-hydrogen) atoms. The molecule has 1 aliphatic rings. The van der Waals surface area contributed by atoms with Crippen molar-refractivity contribution in [3.63, 3.8) is 0 Å². The molecule has 0 aliphatic carbocycles. The molecule has 7 heteroatoms. The number of guanidine groups is 1. The average molecular weight is 418 g/mol. The lowest BCUT2D eigenvalue weighted by Gasteiger charge is -2.26. The first kappa shape index (κ1) is 24.2. The Morgan fingerprint density at radius 1 is 1.10 bits per heavy atom. The van der Waals surface area contributed by atoms with E-state index in [0.29, 0.717) is 5.96 Å². The standard InChI is InChI=1S/C23H39N5O2/c1-23(2,3)20-8-6-19(7-9-20)10-11-24-22(26-18-21(29)27(4)5)25-12-13-28-14-16-30-17-15-28/h6-9H,10-18H2,1-5H3,(H2,24,25,26). The average Bonchev–Trinajstić information content (AvgIpc) is 2.71. The molecule has 0 bridgehead atoms. The molecule has 0 spiro atoms. The van der Waals surface area contributed by atoms with Crippen LogP contribution in [0.3, 0.4) is 0 Å². The zero-order valence-corrected chi connectivity index (χ0v) is 19.3. The molecule has 7 nitrogen and oxygen atoms in total. The van der Waals surface area contributed by atoms with Crippen LogP contribution >= 0.6 is 0 Å². The number of hydrogen-bond donors (Lipinski definition) is 2. The van der Waals surface area contributed by atoms with Crippen LogP contribution in [0.4, 0.5) is 0 Å². The SMILES string of the molecule is CN(C)C(=O)CN=C(NCCc1ccc(C(C)(C)C)cc1)NCCN1CCOCC1. The molecule has 2 N–H and O–H groups in total. The summed E-state index contributed by atoms with van der Waals surface area (Å²) in [6.45, 7) is 12.8. The minimum Gasteiger partial charge on any atom is -0.379 e. The zero-order valence-electron chi connectivity index (χ0n) is 19.3. The van der Waals surface area contributed by atoms with Gasteiger partial charge in [0.2, 0.25) is 5.91 Å². The molecule has 0 saturated carbocycles. The van der Waals surface area contributed by atoms with E-state index in [1.54, 1.807) is 19.0 Å². The van der Waals surface area contributed by atoms with Gasteiger partial charge in [-0.15, -0.1) is 0 Å². The second-order valence-corrected chi connectivity index (χ2v) is 8.96. The summed E-state index contributed by atoms with van der Waals surface area (Å²) >= 11 is 0. The number of rotatable bonds is 8. The van der Waals surface area contributed by atoms with Crippen molar-refractivity contribution >= 4 is 11.9 Å². The molecule has 0 aromatic heterocycles. The van der Waals surface area contributed by atoms with Gasteiger partial charge in [-0.3, -0.25) is 9.69 Å². The predicted molar refractivity (Wildman–Crippen MR) is 123 cm³/mol. The summed E-state index contributed by atoms with van der Waals surface area (Å²) in [5, 5.41) is 6.73. The second kappa shape index (κ2) is 11.9. The van der Waals surface area contributed by atoms with Crippen LogP contribution < -0.4 is 10.6 Å². The van der Waals surface area contributed by atoms with E-state index >= 15 is 0 Å². The highest BCUT2D eigenvalue weighted by Gasteiger charge is 2.13. The lowest BCUT2D eigenvalue weighted by molar-refractivity contribution is -0.127. The number of carbonyl (C=O) groups excluding carboxylic acids is 1. The Balaban J connectivity index is 1.84. The van der Waals surface area contributed by atoms with Gasteiger partial charge in [0.25, 0.3) is 0 Å². The monoisotopic (exact) mass is 417 g/mol. The highest BCUT2D eigenvalue weighted by molar-refractivity contribution is 5.84. The number of likely N-dealkylation sites (N-methyl/N-ethyl adjacent to an activating group) is 1. The van der Waals surface area contributed by atoms with Crippen molar-refractivity contribution in [3.05, 3.63) is 35.4 Å². The van der Waals surface area contributed by atoms with E-state index in [-0.39, 0.29) is 17.9 Å². The summed E-state index contributed by atoms with van der Waals surface area (Å²) in [5.41, 5.74) is 2.79. The summed E-state index contributed by atoms with van der Waals surface area (Å²) in [5.74, 6) is 0.673. The molecule has 1 aliphatic heterocycles. The first-order chi connectivity index (χ1) is 14.3. The molecule has 1 heterocycles. The van der Waals surface area contributed by atoms with Crippen LogP contribution in [-0.2, 0) is 21.4 Å².